The molecule has 0 unspecified atom stereocenters. The molecule has 2 N–H and O–H groups in total. The fourth-order valence-corrected chi connectivity index (χ4v) is 1.84. The summed E-state index contributed by atoms with van der Waals surface area (Å²) in [6.45, 7) is -0.855. The lowest BCUT2D eigenvalue weighted by Crippen LogP contribution is -2.32. The van der Waals surface area contributed by atoms with Crippen molar-refractivity contribution < 1.29 is 18.3 Å². The lowest BCUT2D eigenvalue weighted by molar-refractivity contribution is -0.122. The molecule has 1 aromatic carbocycles. The molecular formula is C8H9NO4S. The lowest BCUT2D eigenvalue weighted by atomic mass is 10.4. The molecular weight excluding hydrogens is 206 g/mol. The Balaban J connectivity index is 2.93. The van der Waals surface area contributed by atoms with Gasteiger partial charge in [-0.05, 0) is 12.1 Å². The van der Waals surface area contributed by atoms with Gasteiger partial charge in [-0.3, -0.25) is 4.79 Å². The van der Waals surface area contributed by atoms with E-state index in [1.54, 1.807) is 10.8 Å². The summed E-state index contributed by atoms with van der Waals surface area (Å²) in [4.78, 5) is 10.6. The summed E-state index contributed by atoms with van der Waals surface area (Å²) in [5, 5.41) is 8.37. The molecule has 0 bridgehead atoms. The molecule has 0 saturated carbocycles. The van der Waals surface area contributed by atoms with E-state index in [0.29, 0.717) is 0 Å². The zero-order chi connectivity index (χ0) is 10.6. The maximum absolute atomic E-state index is 11.4. The number of rotatable bonds is 3. The van der Waals surface area contributed by atoms with E-state index >= 15 is 0 Å². The second-order valence-electron chi connectivity index (χ2n) is 2.50. The quantitative estimate of drug-likeness (QED) is 0.711. The molecule has 1 amide bonds. The Labute approximate surface area is 81.4 Å². The molecule has 1 rings (SSSR count). The smallest absolute Gasteiger partial charge is 0.264 e. The Morgan fingerprint density at radius 3 is 2.36 bits per heavy atom. The van der Waals surface area contributed by atoms with Gasteiger partial charge in [-0.1, -0.05) is 18.2 Å². The summed E-state index contributed by atoms with van der Waals surface area (Å²) < 4.78 is 24.4. The summed E-state index contributed by atoms with van der Waals surface area (Å²) in [7, 11) is -3.83. The zero-order valence-corrected chi connectivity index (χ0v) is 7.99. The second kappa shape index (κ2) is 4.21. The van der Waals surface area contributed by atoms with Gasteiger partial charge in [-0.25, -0.2) is 13.1 Å². The van der Waals surface area contributed by atoms with E-state index in [0.717, 1.165) is 0 Å². The molecule has 0 aliphatic rings. The van der Waals surface area contributed by atoms with E-state index in [1.807, 2.05) is 0 Å². The van der Waals surface area contributed by atoms with Gasteiger partial charge in [0.05, 0.1) is 4.90 Å². The highest BCUT2D eigenvalue weighted by Gasteiger charge is 2.15. The highest BCUT2D eigenvalue weighted by atomic mass is 32.2. The topological polar surface area (TPSA) is 83.5 Å². The van der Waals surface area contributed by atoms with Crippen LogP contribution in [-0.2, 0) is 14.8 Å². The summed E-state index contributed by atoms with van der Waals surface area (Å²) >= 11 is 0. The fraction of sp³-hybridized carbons (Fsp3) is 0.125. The van der Waals surface area contributed by atoms with Crippen molar-refractivity contribution in [3.63, 3.8) is 0 Å². The molecule has 0 aromatic heterocycles. The zero-order valence-electron chi connectivity index (χ0n) is 7.17. The van der Waals surface area contributed by atoms with Crippen molar-refractivity contribution in [3.8, 4) is 0 Å². The Kier molecular flexibility index (Phi) is 3.21. The second-order valence-corrected chi connectivity index (χ2v) is 4.18. The number of carbonyl (C=O) groups is 1. The highest BCUT2D eigenvalue weighted by molar-refractivity contribution is 7.90. The normalized spacial score (nSPS) is 10.9. The van der Waals surface area contributed by atoms with Gasteiger partial charge in [0.2, 0.25) is 0 Å². The predicted octanol–water partition coefficient (Wildman–Crippen LogP) is -0.516. The molecule has 0 saturated heterocycles. The molecule has 1 aromatic rings. The molecule has 6 heteroatoms. The van der Waals surface area contributed by atoms with Gasteiger partial charge < -0.3 is 5.11 Å². The molecule has 0 atom stereocenters. The minimum Gasteiger partial charge on any atom is -0.387 e. The predicted molar refractivity (Wildman–Crippen MR) is 48.9 cm³/mol. The van der Waals surface area contributed by atoms with Crippen LogP contribution in [0.15, 0.2) is 35.2 Å². The van der Waals surface area contributed by atoms with E-state index in [2.05, 4.69) is 0 Å². The van der Waals surface area contributed by atoms with Crippen molar-refractivity contribution in [2.45, 2.75) is 4.90 Å². The Morgan fingerprint density at radius 2 is 1.86 bits per heavy atom. The van der Waals surface area contributed by atoms with E-state index in [-0.39, 0.29) is 4.90 Å². The van der Waals surface area contributed by atoms with Gasteiger partial charge in [-0.2, -0.15) is 0 Å². The fourth-order valence-electron chi connectivity index (χ4n) is 0.841. The van der Waals surface area contributed by atoms with E-state index in [4.69, 9.17) is 5.11 Å². The first-order valence-corrected chi connectivity index (χ1v) is 5.26. The monoisotopic (exact) mass is 215 g/mol. The minimum atomic E-state index is -3.83. The van der Waals surface area contributed by atoms with E-state index in [9.17, 15) is 13.2 Å². The first-order valence-electron chi connectivity index (χ1n) is 3.78. The minimum absolute atomic E-state index is 0.0122. The molecule has 0 aliphatic carbocycles. The summed E-state index contributed by atoms with van der Waals surface area (Å²) in [6, 6.07) is 7.45. The Hall–Kier alpha value is -1.40. The van der Waals surface area contributed by atoms with Gasteiger partial charge in [0.1, 0.15) is 6.61 Å². The van der Waals surface area contributed by atoms with Crippen LogP contribution >= 0.6 is 0 Å². The van der Waals surface area contributed by atoms with Crippen LogP contribution in [0.25, 0.3) is 0 Å². The molecule has 0 radical (unpaired) electrons. The third kappa shape index (κ3) is 2.54. The van der Waals surface area contributed by atoms with Gasteiger partial charge in [0.15, 0.2) is 0 Å². The molecule has 0 spiro atoms. The SMILES string of the molecule is O=C(CO)NS(=O)(=O)c1ccccc1. The van der Waals surface area contributed by atoms with Gasteiger partial charge >= 0.3 is 0 Å². The molecule has 0 aliphatic heterocycles. The summed E-state index contributed by atoms with van der Waals surface area (Å²) in [5.41, 5.74) is 0. The first kappa shape index (κ1) is 10.7. The largest absolute Gasteiger partial charge is 0.387 e. The van der Waals surface area contributed by atoms with Crippen molar-refractivity contribution in [2.75, 3.05) is 6.61 Å². The van der Waals surface area contributed by atoms with Crippen LogP contribution in [0.4, 0.5) is 0 Å². The summed E-state index contributed by atoms with van der Waals surface area (Å²) in [6.07, 6.45) is 0. The van der Waals surface area contributed by atoms with Crippen LogP contribution in [0.5, 0.6) is 0 Å². The van der Waals surface area contributed by atoms with Gasteiger partial charge in [0.25, 0.3) is 15.9 Å². The number of carbonyl (C=O) groups excluding carboxylic acids is 1. The molecule has 76 valence electrons. The van der Waals surface area contributed by atoms with Crippen molar-refractivity contribution in [3.05, 3.63) is 30.3 Å². The molecule has 5 nitrogen and oxygen atoms in total. The maximum Gasteiger partial charge on any atom is 0.264 e. The van der Waals surface area contributed by atoms with Gasteiger partial charge in [0, 0.05) is 0 Å². The summed E-state index contributed by atoms with van der Waals surface area (Å²) in [5.74, 6) is -0.950. The van der Waals surface area contributed by atoms with Crippen LogP contribution in [0.1, 0.15) is 0 Å². The first-order chi connectivity index (χ1) is 6.56. The highest BCUT2D eigenvalue weighted by Crippen LogP contribution is 2.06. The van der Waals surface area contributed by atoms with Crippen molar-refractivity contribution in [1.82, 2.24) is 4.72 Å². The Morgan fingerprint density at radius 1 is 1.29 bits per heavy atom. The third-order valence-corrected chi connectivity index (χ3v) is 2.83. The Bertz CT molecular complexity index is 412. The van der Waals surface area contributed by atoms with Crippen molar-refractivity contribution >= 4 is 15.9 Å². The third-order valence-electron chi connectivity index (χ3n) is 1.45. The van der Waals surface area contributed by atoms with Crippen LogP contribution in [0.2, 0.25) is 0 Å². The average Bonchev–Trinajstić information content (AvgIpc) is 2.18. The number of benzene rings is 1. The lowest BCUT2D eigenvalue weighted by Gasteiger charge is -2.04. The van der Waals surface area contributed by atoms with Gasteiger partial charge in [-0.15, -0.1) is 0 Å². The molecule has 0 heterocycles. The standard InChI is InChI=1S/C8H9NO4S/c10-6-8(11)9-14(12,13)7-4-2-1-3-5-7/h1-5,10H,6H2,(H,9,11). The van der Waals surface area contributed by atoms with Crippen molar-refractivity contribution in [1.29, 1.82) is 0 Å². The van der Waals surface area contributed by atoms with E-state index in [1.165, 1.54) is 24.3 Å². The molecule has 0 fully saturated rings. The van der Waals surface area contributed by atoms with Crippen LogP contribution in [-0.4, -0.2) is 26.0 Å². The average molecular weight is 215 g/mol. The number of hydrogen-bond donors (Lipinski definition) is 2. The number of nitrogens with one attached hydrogen (secondary N) is 1. The number of amides is 1. The maximum atomic E-state index is 11.4. The number of aliphatic hydroxyl groups excluding tert-OH is 1. The number of sulfonamides is 1. The number of hydrogen-bond acceptors (Lipinski definition) is 4. The number of aliphatic hydroxyl groups is 1. The van der Waals surface area contributed by atoms with Crippen LogP contribution in [0.3, 0.4) is 0 Å². The van der Waals surface area contributed by atoms with Crippen molar-refractivity contribution in [2.24, 2.45) is 0 Å². The molecule has 14 heavy (non-hydrogen) atoms. The van der Waals surface area contributed by atoms with Crippen LogP contribution in [0, 0.1) is 0 Å². The van der Waals surface area contributed by atoms with Crippen LogP contribution < -0.4 is 4.72 Å². The van der Waals surface area contributed by atoms with E-state index < -0.39 is 22.5 Å².